The number of halogens is 2. The van der Waals surface area contributed by atoms with Crippen LogP contribution in [0.4, 0.5) is 14.5 Å². The maximum Gasteiger partial charge on any atom is 0.240 e. The lowest BCUT2D eigenvalue weighted by atomic mass is 10.1. The van der Waals surface area contributed by atoms with Crippen LogP contribution in [0.15, 0.2) is 65.6 Å². The maximum absolute atomic E-state index is 14.0. The number of imidazole rings is 1. The second-order valence-corrected chi connectivity index (χ2v) is 9.23. The number of benzene rings is 3. The molecule has 3 aromatic carbocycles. The van der Waals surface area contributed by atoms with Crippen LogP contribution in [-0.2, 0) is 21.2 Å². The Bertz CT molecular complexity index is 1430. The Balaban J connectivity index is 1.42. The Morgan fingerprint density at radius 2 is 1.79 bits per heavy atom. The van der Waals surface area contributed by atoms with Crippen LogP contribution in [0, 0.1) is 11.6 Å². The van der Waals surface area contributed by atoms with Crippen molar-refractivity contribution in [3.8, 4) is 11.4 Å². The van der Waals surface area contributed by atoms with Crippen LogP contribution in [0.1, 0.15) is 12.0 Å². The van der Waals surface area contributed by atoms with Gasteiger partial charge in [-0.25, -0.2) is 26.9 Å². The van der Waals surface area contributed by atoms with E-state index in [4.69, 9.17) is 0 Å². The van der Waals surface area contributed by atoms with Crippen molar-refractivity contribution in [2.24, 2.45) is 0 Å². The average molecular weight is 471 g/mol. The number of nitrogens with one attached hydrogen (secondary N) is 3. The van der Waals surface area contributed by atoms with Crippen LogP contribution in [0.25, 0.3) is 22.4 Å². The summed E-state index contributed by atoms with van der Waals surface area (Å²) in [5.41, 5.74) is 2.48. The van der Waals surface area contributed by atoms with Gasteiger partial charge in [-0.15, -0.1) is 0 Å². The molecule has 0 aliphatic rings. The summed E-state index contributed by atoms with van der Waals surface area (Å²) in [6.07, 6.45) is 0.625. The first kappa shape index (κ1) is 22.6. The summed E-state index contributed by atoms with van der Waals surface area (Å²) in [5.74, 6) is -1.20. The van der Waals surface area contributed by atoms with Gasteiger partial charge in [0, 0.05) is 12.1 Å². The normalized spacial score (nSPS) is 11.6. The number of hydrogen-bond acceptors (Lipinski definition) is 4. The minimum Gasteiger partial charge on any atom is -0.338 e. The van der Waals surface area contributed by atoms with Gasteiger partial charge >= 0.3 is 0 Å². The van der Waals surface area contributed by atoms with E-state index < -0.39 is 21.7 Å². The standard InChI is InChI=1S/C23H20F2N4O3S/c1-26-33(31,32)17-7-2-14(3-8-17)4-11-22(30)27-16-6-10-20-21(13-16)29-23(28-20)18-12-15(24)5-9-19(18)25/h2-3,5-10,12-13,26H,4,11H2,1H3,(H,27,30)(H,28,29). The van der Waals surface area contributed by atoms with Gasteiger partial charge in [0.1, 0.15) is 17.5 Å². The molecule has 0 atom stereocenters. The van der Waals surface area contributed by atoms with Gasteiger partial charge in [0.05, 0.1) is 21.5 Å². The highest BCUT2D eigenvalue weighted by Gasteiger charge is 2.13. The van der Waals surface area contributed by atoms with Gasteiger partial charge in [0.15, 0.2) is 0 Å². The highest BCUT2D eigenvalue weighted by atomic mass is 32.2. The molecule has 0 unspecified atom stereocenters. The van der Waals surface area contributed by atoms with Crippen LogP contribution < -0.4 is 10.0 Å². The number of aromatic amines is 1. The van der Waals surface area contributed by atoms with Crippen molar-refractivity contribution in [2.75, 3.05) is 12.4 Å². The molecule has 170 valence electrons. The number of fused-ring (bicyclic) bond motifs is 1. The number of H-pyrrole nitrogens is 1. The summed E-state index contributed by atoms with van der Waals surface area (Å²) >= 11 is 0. The molecule has 1 amide bonds. The summed E-state index contributed by atoms with van der Waals surface area (Å²) in [6, 6.07) is 14.5. The number of nitrogens with zero attached hydrogens (tertiary/aromatic N) is 1. The third kappa shape index (κ3) is 5.07. The molecule has 0 saturated carbocycles. The zero-order valence-corrected chi connectivity index (χ0v) is 18.3. The minimum absolute atomic E-state index is 0.0188. The molecular weight excluding hydrogens is 450 g/mol. The molecule has 4 aromatic rings. The summed E-state index contributed by atoms with van der Waals surface area (Å²) in [7, 11) is -2.16. The molecule has 0 saturated heterocycles. The fraction of sp³-hybridized carbons (Fsp3) is 0.130. The molecule has 0 aliphatic carbocycles. The number of amides is 1. The predicted molar refractivity (Wildman–Crippen MR) is 121 cm³/mol. The first-order valence-corrected chi connectivity index (χ1v) is 11.5. The molecule has 10 heteroatoms. The lowest BCUT2D eigenvalue weighted by Crippen LogP contribution is -2.18. The highest BCUT2D eigenvalue weighted by Crippen LogP contribution is 2.25. The van der Waals surface area contributed by atoms with E-state index in [0.29, 0.717) is 23.1 Å². The van der Waals surface area contributed by atoms with Gasteiger partial charge in [-0.2, -0.15) is 0 Å². The van der Waals surface area contributed by atoms with Gasteiger partial charge in [-0.3, -0.25) is 4.79 Å². The summed E-state index contributed by atoms with van der Waals surface area (Å²) in [4.78, 5) is 19.8. The van der Waals surface area contributed by atoms with Crippen molar-refractivity contribution in [3.05, 3.63) is 77.9 Å². The van der Waals surface area contributed by atoms with E-state index in [1.165, 1.54) is 19.2 Å². The second kappa shape index (κ2) is 9.08. The zero-order chi connectivity index (χ0) is 23.6. The molecule has 7 nitrogen and oxygen atoms in total. The molecule has 33 heavy (non-hydrogen) atoms. The Morgan fingerprint density at radius 1 is 1.03 bits per heavy atom. The van der Waals surface area contributed by atoms with Crippen molar-refractivity contribution in [1.82, 2.24) is 14.7 Å². The van der Waals surface area contributed by atoms with E-state index >= 15 is 0 Å². The van der Waals surface area contributed by atoms with Crippen molar-refractivity contribution in [3.63, 3.8) is 0 Å². The SMILES string of the molecule is CNS(=O)(=O)c1ccc(CCC(=O)Nc2ccc3nc(-c4cc(F)ccc4F)[nH]c3c2)cc1. The number of sulfonamides is 1. The van der Waals surface area contributed by atoms with Crippen molar-refractivity contribution in [2.45, 2.75) is 17.7 Å². The number of carbonyl (C=O) groups excluding carboxylic acids is 1. The zero-order valence-electron chi connectivity index (χ0n) is 17.5. The van der Waals surface area contributed by atoms with Gasteiger partial charge in [-0.05, 0) is 67.6 Å². The number of rotatable bonds is 7. The summed E-state index contributed by atoms with van der Waals surface area (Å²) in [5, 5.41) is 2.79. The Labute approximate surface area is 188 Å². The van der Waals surface area contributed by atoms with Crippen molar-refractivity contribution < 1.29 is 22.0 Å². The average Bonchev–Trinajstić information content (AvgIpc) is 3.23. The fourth-order valence-electron chi connectivity index (χ4n) is 3.33. The van der Waals surface area contributed by atoms with E-state index in [0.717, 1.165) is 23.8 Å². The second-order valence-electron chi connectivity index (χ2n) is 7.34. The van der Waals surface area contributed by atoms with Gasteiger partial charge < -0.3 is 10.3 Å². The smallest absolute Gasteiger partial charge is 0.240 e. The lowest BCUT2D eigenvalue weighted by Gasteiger charge is -2.07. The third-order valence-corrected chi connectivity index (χ3v) is 6.52. The van der Waals surface area contributed by atoms with Crippen LogP contribution >= 0.6 is 0 Å². The molecule has 0 aliphatic heterocycles. The van der Waals surface area contributed by atoms with Crippen LogP contribution in [0.2, 0.25) is 0 Å². The quantitative estimate of drug-likeness (QED) is 0.380. The monoisotopic (exact) mass is 470 g/mol. The Hall–Kier alpha value is -3.63. The molecule has 0 spiro atoms. The topological polar surface area (TPSA) is 104 Å². The van der Waals surface area contributed by atoms with Gasteiger partial charge in [0.2, 0.25) is 15.9 Å². The fourth-order valence-corrected chi connectivity index (χ4v) is 4.06. The number of aryl methyl sites for hydroxylation is 1. The molecule has 1 aromatic heterocycles. The maximum atomic E-state index is 14.0. The third-order valence-electron chi connectivity index (χ3n) is 5.09. The van der Waals surface area contributed by atoms with Crippen LogP contribution in [-0.4, -0.2) is 31.3 Å². The summed E-state index contributed by atoms with van der Waals surface area (Å²) in [6.45, 7) is 0. The molecule has 0 bridgehead atoms. The molecule has 0 fully saturated rings. The lowest BCUT2D eigenvalue weighted by molar-refractivity contribution is -0.116. The largest absolute Gasteiger partial charge is 0.338 e. The number of carbonyl (C=O) groups is 1. The molecule has 0 radical (unpaired) electrons. The molecular formula is C23H20F2N4O3S. The van der Waals surface area contributed by atoms with E-state index in [9.17, 15) is 22.0 Å². The van der Waals surface area contributed by atoms with E-state index in [1.807, 2.05) is 0 Å². The summed E-state index contributed by atoms with van der Waals surface area (Å²) < 4.78 is 53.3. The Kier molecular flexibility index (Phi) is 6.21. The number of hydrogen-bond donors (Lipinski definition) is 3. The van der Waals surface area contributed by atoms with E-state index in [2.05, 4.69) is 20.0 Å². The van der Waals surface area contributed by atoms with E-state index in [-0.39, 0.29) is 28.6 Å². The number of aromatic nitrogens is 2. The van der Waals surface area contributed by atoms with Crippen molar-refractivity contribution in [1.29, 1.82) is 0 Å². The highest BCUT2D eigenvalue weighted by molar-refractivity contribution is 7.89. The number of anilines is 1. The first-order valence-electron chi connectivity index (χ1n) is 10.0. The first-order chi connectivity index (χ1) is 15.7. The van der Waals surface area contributed by atoms with Crippen LogP contribution in [0.5, 0.6) is 0 Å². The predicted octanol–water partition coefficient (Wildman–Crippen LogP) is 3.99. The minimum atomic E-state index is -3.50. The van der Waals surface area contributed by atoms with E-state index in [1.54, 1.807) is 30.3 Å². The Morgan fingerprint density at radius 3 is 2.52 bits per heavy atom. The van der Waals surface area contributed by atoms with Crippen LogP contribution in [0.3, 0.4) is 0 Å². The molecule has 1 heterocycles. The molecule has 3 N–H and O–H groups in total. The van der Waals surface area contributed by atoms with Gasteiger partial charge in [-0.1, -0.05) is 12.1 Å². The van der Waals surface area contributed by atoms with Crippen molar-refractivity contribution >= 4 is 32.7 Å². The molecule has 4 rings (SSSR count). The van der Waals surface area contributed by atoms with Gasteiger partial charge in [0.25, 0.3) is 0 Å².